The second kappa shape index (κ2) is 7.37. The van der Waals surface area contributed by atoms with Crippen molar-refractivity contribution < 1.29 is 8.42 Å². The number of hydrogen-bond acceptors (Lipinski definition) is 3. The maximum Gasteiger partial charge on any atom is 0.261 e. The molecule has 0 aliphatic carbocycles. The lowest BCUT2D eigenvalue weighted by Crippen LogP contribution is -2.14. The molecule has 0 bridgehead atoms. The fraction of sp³-hybridized carbons (Fsp3) is 0.250. The van der Waals surface area contributed by atoms with E-state index in [1.807, 2.05) is 36.4 Å². The van der Waals surface area contributed by atoms with E-state index in [4.69, 9.17) is 11.6 Å². The third-order valence-electron chi connectivity index (χ3n) is 4.21. The predicted molar refractivity (Wildman–Crippen MR) is 109 cm³/mol. The molecule has 0 saturated carbocycles. The largest absolute Gasteiger partial charge is 0.276 e. The summed E-state index contributed by atoms with van der Waals surface area (Å²) in [5.41, 5.74) is 2.36. The second-order valence-corrected chi connectivity index (χ2v) is 9.49. The van der Waals surface area contributed by atoms with E-state index in [1.54, 1.807) is 23.0 Å². The van der Waals surface area contributed by atoms with Crippen molar-refractivity contribution in [3.63, 3.8) is 0 Å². The first-order valence-electron chi connectivity index (χ1n) is 8.54. The van der Waals surface area contributed by atoms with Crippen LogP contribution in [-0.4, -0.2) is 18.2 Å². The van der Waals surface area contributed by atoms with Gasteiger partial charge in [0.2, 0.25) is 0 Å². The van der Waals surface area contributed by atoms with Gasteiger partial charge < -0.3 is 0 Å². The van der Waals surface area contributed by atoms with Crippen LogP contribution in [0.2, 0.25) is 5.02 Å². The van der Waals surface area contributed by atoms with Gasteiger partial charge in [-0.2, -0.15) is 5.10 Å². The lowest BCUT2D eigenvalue weighted by Gasteiger charge is -2.19. The highest BCUT2D eigenvalue weighted by molar-refractivity contribution is 7.92. The van der Waals surface area contributed by atoms with Crippen LogP contribution in [0.4, 0.5) is 5.69 Å². The molecular formula is C20H22ClN3O2S. The Kier molecular flexibility index (Phi) is 5.31. The lowest BCUT2D eigenvalue weighted by molar-refractivity contribution is 0.587. The monoisotopic (exact) mass is 403 g/mol. The standard InChI is InChI=1S/C20H22ClN3O2S/c1-20(2,3)16-8-10-18(11-9-16)27(25,26)23-17-12-22-24(14-17)13-15-6-4-5-7-19(15)21/h4-12,14,23H,13H2,1-3H3. The second-order valence-electron chi connectivity index (χ2n) is 7.40. The summed E-state index contributed by atoms with van der Waals surface area (Å²) in [5, 5.41) is 4.86. The first kappa shape index (κ1) is 19.5. The van der Waals surface area contributed by atoms with Crippen LogP contribution < -0.4 is 4.72 Å². The molecule has 3 rings (SSSR count). The Hall–Kier alpha value is -2.31. The molecule has 1 N–H and O–H groups in total. The van der Waals surface area contributed by atoms with E-state index in [0.717, 1.165) is 11.1 Å². The highest BCUT2D eigenvalue weighted by Crippen LogP contribution is 2.24. The average molecular weight is 404 g/mol. The van der Waals surface area contributed by atoms with Crippen molar-refractivity contribution in [1.82, 2.24) is 9.78 Å². The molecule has 27 heavy (non-hydrogen) atoms. The van der Waals surface area contributed by atoms with Crippen molar-refractivity contribution in [3.8, 4) is 0 Å². The molecule has 0 aliphatic heterocycles. The minimum absolute atomic E-state index is 0.0322. The number of hydrogen-bond donors (Lipinski definition) is 1. The van der Waals surface area contributed by atoms with Gasteiger partial charge in [0.15, 0.2) is 0 Å². The van der Waals surface area contributed by atoms with Crippen LogP contribution in [0.3, 0.4) is 0 Å². The first-order valence-corrected chi connectivity index (χ1v) is 10.4. The van der Waals surface area contributed by atoms with Gasteiger partial charge in [-0.1, -0.05) is 62.7 Å². The topological polar surface area (TPSA) is 64.0 Å². The highest BCUT2D eigenvalue weighted by atomic mass is 35.5. The molecule has 142 valence electrons. The molecule has 7 heteroatoms. The molecule has 0 unspecified atom stereocenters. The summed E-state index contributed by atoms with van der Waals surface area (Å²) in [4.78, 5) is 0.217. The maximum absolute atomic E-state index is 12.6. The van der Waals surface area contributed by atoms with Crippen LogP contribution in [0.5, 0.6) is 0 Å². The fourth-order valence-electron chi connectivity index (χ4n) is 2.65. The molecule has 0 radical (unpaired) electrons. The SMILES string of the molecule is CC(C)(C)c1ccc(S(=O)(=O)Nc2cnn(Cc3ccccc3Cl)c2)cc1. The Morgan fingerprint density at radius 1 is 1.07 bits per heavy atom. The van der Waals surface area contributed by atoms with Crippen LogP contribution in [0, 0.1) is 0 Å². The molecule has 1 aromatic heterocycles. The van der Waals surface area contributed by atoms with Crippen LogP contribution in [0.15, 0.2) is 65.8 Å². The Morgan fingerprint density at radius 2 is 1.74 bits per heavy atom. The summed E-state index contributed by atoms with van der Waals surface area (Å²) >= 11 is 6.16. The van der Waals surface area contributed by atoms with Crippen LogP contribution in [-0.2, 0) is 22.0 Å². The normalized spacial score (nSPS) is 12.1. The van der Waals surface area contributed by atoms with E-state index in [2.05, 4.69) is 30.6 Å². The fourth-order valence-corrected chi connectivity index (χ4v) is 3.88. The number of anilines is 1. The van der Waals surface area contributed by atoms with Gasteiger partial charge in [0, 0.05) is 11.2 Å². The van der Waals surface area contributed by atoms with Gasteiger partial charge in [-0.25, -0.2) is 8.42 Å². The van der Waals surface area contributed by atoms with Gasteiger partial charge >= 0.3 is 0 Å². The quantitative estimate of drug-likeness (QED) is 0.672. The summed E-state index contributed by atoms with van der Waals surface area (Å²) in [7, 11) is -3.67. The average Bonchev–Trinajstić information content (AvgIpc) is 3.02. The zero-order chi connectivity index (χ0) is 19.7. The summed E-state index contributed by atoms with van der Waals surface area (Å²) < 4.78 is 29.4. The van der Waals surface area contributed by atoms with Crippen molar-refractivity contribution in [1.29, 1.82) is 0 Å². The van der Waals surface area contributed by atoms with Crippen molar-refractivity contribution >= 4 is 27.3 Å². The lowest BCUT2D eigenvalue weighted by atomic mass is 9.87. The van der Waals surface area contributed by atoms with Gasteiger partial charge in [-0.05, 0) is 34.7 Å². The summed E-state index contributed by atoms with van der Waals surface area (Å²) in [6.45, 7) is 6.72. The van der Waals surface area contributed by atoms with Gasteiger partial charge in [-0.3, -0.25) is 9.40 Å². The van der Waals surface area contributed by atoms with Crippen LogP contribution in [0.25, 0.3) is 0 Å². The Labute approximate surface area is 165 Å². The molecule has 0 fully saturated rings. The van der Waals surface area contributed by atoms with Crippen molar-refractivity contribution in [2.75, 3.05) is 4.72 Å². The molecule has 2 aromatic carbocycles. The van der Waals surface area contributed by atoms with Crippen LogP contribution >= 0.6 is 11.6 Å². The maximum atomic E-state index is 12.6. The van der Waals surface area contributed by atoms with E-state index in [1.165, 1.54) is 6.20 Å². The Bertz CT molecular complexity index is 1040. The smallest absolute Gasteiger partial charge is 0.261 e. The predicted octanol–water partition coefficient (Wildman–Crippen LogP) is 4.68. The number of sulfonamides is 1. The number of aromatic nitrogens is 2. The number of benzene rings is 2. The molecule has 0 saturated heterocycles. The molecule has 0 atom stereocenters. The summed E-state index contributed by atoms with van der Waals surface area (Å²) in [5.74, 6) is 0. The molecule has 1 heterocycles. The Balaban J connectivity index is 1.75. The molecular weight excluding hydrogens is 382 g/mol. The minimum Gasteiger partial charge on any atom is -0.276 e. The number of nitrogens with zero attached hydrogens (tertiary/aromatic N) is 2. The number of halogens is 1. The van der Waals surface area contributed by atoms with E-state index < -0.39 is 10.0 Å². The Morgan fingerprint density at radius 3 is 2.37 bits per heavy atom. The molecule has 3 aromatic rings. The summed E-state index contributed by atoms with van der Waals surface area (Å²) in [6, 6.07) is 14.4. The van der Waals surface area contributed by atoms with Crippen molar-refractivity contribution in [2.45, 2.75) is 37.6 Å². The highest BCUT2D eigenvalue weighted by Gasteiger charge is 2.18. The third kappa shape index (κ3) is 4.70. The van der Waals surface area contributed by atoms with Crippen molar-refractivity contribution in [3.05, 3.63) is 77.1 Å². The molecule has 0 amide bonds. The number of rotatable bonds is 5. The molecule has 0 spiro atoms. The first-order chi connectivity index (χ1) is 12.6. The van der Waals surface area contributed by atoms with Gasteiger partial charge in [0.05, 0.1) is 23.3 Å². The zero-order valence-corrected chi connectivity index (χ0v) is 17.1. The van der Waals surface area contributed by atoms with E-state index in [0.29, 0.717) is 17.3 Å². The van der Waals surface area contributed by atoms with Crippen LogP contribution in [0.1, 0.15) is 31.9 Å². The van der Waals surface area contributed by atoms with Gasteiger partial charge in [0.1, 0.15) is 0 Å². The third-order valence-corrected chi connectivity index (χ3v) is 5.97. The van der Waals surface area contributed by atoms with E-state index in [9.17, 15) is 8.42 Å². The van der Waals surface area contributed by atoms with E-state index >= 15 is 0 Å². The molecule has 0 aliphatic rings. The van der Waals surface area contributed by atoms with E-state index in [-0.39, 0.29) is 10.3 Å². The number of nitrogens with one attached hydrogen (secondary N) is 1. The van der Waals surface area contributed by atoms with Gasteiger partial charge in [-0.15, -0.1) is 0 Å². The van der Waals surface area contributed by atoms with Crippen molar-refractivity contribution in [2.24, 2.45) is 0 Å². The molecule has 5 nitrogen and oxygen atoms in total. The van der Waals surface area contributed by atoms with Gasteiger partial charge in [0.25, 0.3) is 10.0 Å². The zero-order valence-electron chi connectivity index (χ0n) is 15.5. The minimum atomic E-state index is -3.67. The summed E-state index contributed by atoms with van der Waals surface area (Å²) in [6.07, 6.45) is 3.13.